The molecule has 0 saturated heterocycles. The molecule has 4 nitrogen and oxygen atoms in total. The van der Waals surface area contributed by atoms with Crippen LogP contribution in [0.5, 0.6) is 0 Å². The molecular formula is C15H21BrN2O2. The van der Waals surface area contributed by atoms with Crippen molar-refractivity contribution >= 4 is 33.4 Å². The van der Waals surface area contributed by atoms with Crippen molar-refractivity contribution in [2.24, 2.45) is 5.41 Å². The molecule has 5 heteroatoms. The molecule has 1 aromatic rings. The summed E-state index contributed by atoms with van der Waals surface area (Å²) in [5.74, 6) is -0.175. The number of halogens is 1. The Labute approximate surface area is 128 Å². The van der Waals surface area contributed by atoms with E-state index in [9.17, 15) is 9.59 Å². The zero-order valence-electron chi connectivity index (χ0n) is 12.3. The number of carbonyl (C=O) groups is 2. The van der Waals surface area contributed by atoms with Crippen LogP contribution in [0.3, 0.4) is 0 Å². The van der Waals surface area contributed by atoms with Gasteiger partial charge in [-0.25, -0.2) is 0 Å². The lowest BCUT2D eigenvalue weighted by Crippen LogP contribution is -2.36. The van der Waals surface area contributed by atoms with Crippen molar-refractivity contribution in [2.45, 2.75) is 34.1 Å². The fraction of sp³-hybridized carbons (Fsp3) is 0.467. The number of hydrogen-bond donors (Lipinski definition) is 2. The highest BCUT2D eigenvalue weighted by atomic mass is 79.9. The van der Waals surface area contributed by atoms with Crippen molar-refractivity contribution in [1.29, 1.82) is 0 Å². The van der Waals surface area contributed by atoms with E-state index in [0.29, 0.717) is 6.54 Å². The lowest BCUT2D eigenvalue weighted by Gasteiger charge is -2.17. The standard InChI is InChI=1S/C15H21BrN2O2/c1-10-5-6-12(11(16)9-10)18-13(19)7-8-17-14(20)15(2,3)4/h5-6,9H,7-8H2,1-4H3,(H,17,20)(H,18,19). The molecule has 0 heterocycles. The lowest BCUT2D eigenvalue weighted by atomic mass is 9.96. The molecule has 0 aliphatic rings. The molecule has 1 aromatic carbocycles. The Morgan fingerprint density at radius 3 is 2.45 bits per heavy atom. The normalized spacial score (nSPS) is 11.1. The van der Waals surface area contributed by atoms with E-state index < -0.39 is 5.41 Å². The van der Waals surface area contributed by atoms with Crippen LogP contribution in [-0.4, -0.2) is 18.4 Å². The first-order valence-electron chi connectivity index (χ1n) is 6.54. The largest absolute Gasteiger partial charge is 0.355 e. The van der Waals surface area contributed by atoms with Crippen LogP contribution in [0.2, 0.25) is 0 Å². The van der Waals surface area contributed by atoms with Gasteiger partial charge in [0, 0.05) is 22.9 Å². The predicted molar refractivity (Wildman–Crippen MR) is 84.6 cm³/mol. The maximum Gasteiger partial charge on any atom is 0.226 e. The maximum atomic E-state index is 11.8. The van der Waals surface area contributed by atoms with Gasteiger partial charge in [-0.15, -0.1) is 0 Å². The second-order valence-electron chi connectivity index (χ2n) is 5.79. The van der Waals surface area contributed by atoms with Crippen molar-refractivity contribution in [3.05, 3.63) is 28.2 Å². The van der Waals surface area contributed by atoms with E-state index in [2.05, 4.69) is 26.6 Å². The molecule has 2 amide bonds. The number of rotatable bonds is 4. The van der Waals surface area contributed by atoms with E-state index in [1.807, 2.05) is 45.9 Å². The maximum absolute atomic E-state index is 11.8. The molecule has 0 unspecified atom stereocenters. The highest BCUT2D eigenvalue weighted by molar-refractivity contribution is 9.10. The summed E-state index contributed by atoms with van der Waals surface area (Å²) in [6.45, 7) is 7.84. The summed E-state index contributed by atoms with van der Waals surface area (Å²) >= 11 is 3.41. The second-order valence-corrected chi connectivity index (χ2v) is 6.64. The summed E-state index contributed by atoms with van der Waals surface area (Å²) in [6.07, 6.45) is 0.252. The van der Waals surface area contributed by atoms with Crippen LogP contribution in [0.1, 0.15) is 32.8 Å². The third-order valence-electron chi connectivity index (χ3n) is 2.72. The van der Waals surface area contributed by atoms with Gasteiger partial charge in [0.25, 0.3) is 0 Å². The first kappa shape index (κ1) is 16.7. The molecule has 0 aliphatic heterocycles. The topological polar surface area (TPSA) is 58.2 Å². The Kier molecular flexibility index (Phi) is 5.74. The molecule has 2 N–H and O–H groups in total. The van der Waals surface area contributed by atoms with E-state index in [1.54, 1.807) is 0 Å². The number of amides is 2. The number of hydrogen-bond acceptors (Lipinski definition) is 2. The number of benzene rings is 1. The van der Waals surface area contributed by atoms with Crippen LogP contribution in [0.4, 0.5) is 5.69 Å². The van der Waals surface area contributed by atoms with Crippen molar-refractivity contribution in [3.8, 4) is 0 Å². The quantitative estimate of drug-likeness (QED) is 0.883. The highest BCUT2D eigenvalue weighted by Gasteiger charge is 2.20. The van der Waals surface area contributed by atoms with Gasteiger partial charge in [-0.3, -0.25) is 9.59 Å². The fourth-order valence-corrected chi connectivity index (χ4v) is 2.08. The van der Waals surface area contributed by atoms with Crippen molar-refractivity contribution in [3.63, 3.8) is 0 Å². The molecule has 0 spiro atoms. The summed E-state index contributed by atoms with van der Waals surface area (Å²) in [5.41, 5.74) is 1.42. The van der Waals surface area contributed by atoms with Gasteiger partial charge in [-0.05, 0) is 40.5 Å². The molecule has 0 radical (unpaired) electrons. The Bertz CT molecular complexity index is 507. The molecule has 0 fully saturated rings. The minimum atomic E-state index is -0.434. The molecule has 0 atom stereocenters. The zero-order chi connectivity index (χ0) is 15.3. The molecule has 1 rings (SSSR count). The smallest absolute Gasteiger partial charge is 0.226 e. The van der Waals surface area contributed by atoms with Crippen LogP contribution in [0.25, 0.3) is 0 Å². The summed E-state index contributed by atoms with van der Waals surface area (Å²) in [4.78, 5) is 23.4. The minimum absolute atomic E-state index is 0.0539. The van der Waals surface area contributed by atoms with E-state index >= 15 is 0 Å². The summed E-state index contributed by atoms with van der Waals surface area (Å²) in [5, 5.41) is 5.56. The third-order valence-corrected chi connectivity index (χ3v) is 3.37. The van der Waals surface area contributed by atoms with Gasteiger partial charge in [-0.1, -0.05) is 26.8 Å². The van der Waals surface area contributed by atoms with E-state index in [1.165, 1.54) is 0 Å². The van der Waals surface area contributed by atoms with Crippen LogP contribution < -0.4 is 10.6 Å². The average Bonchev–Trinajstić information content (AvgIpc) is 2.31. The summed E-state index contributed by atoms with van der Waals surface area (Å²) < 4.78 is 0.851. The average molecular weight is 341 g/mol. The van der Waals surface area contributed by atoms with Gasteiger partial charge in [0.15, 0.2) is 0 Å². The van der Waals surface area contributed by atoms with Crippen LogP contribution >= 0.6 is 15.9 Å². The highest BCUT2D eigenvalue weighted by Crippen LogP contribution is 2.23. The Morgan fingerprint density at radius 1 is 1.25 bits per heavy atom. The summed E-state index contributed by atoms with van der Waals surface area (Å²) in [6, 6.07) is 5.73. The number of carbonyl (C=O) groups excluding carboxylic acids is 2. The molecule has 0 aliphatic carbocycles. The fourth-order valence-electron chi connectivity index (χ4n) is 1.49. The molecule has 20 heavy (non-hydrogen) atoms. The molecule has 110 valence electrons. The Hall–Kier alpha value is -1.36. The Morgan fingerprint density at radius 2 is 1.90 bits per heavy atom. The van der Waals surface area contributed by atoms with Crippen LogP contribution in [0, 0.1) is 12.3 Å². The van der Waals surface area contributed by atoms with Crippen molar-refractivity contribution in [2.75, 3.05) is 11.9 Å². The second kappa shape index (κ2) is 6.88. The first-order valence-corrected chi connectivity index (χ1v) is 7.34. The minimum Gasteiger partial charge on any atom is -0.355 e. The molecule has 0 saturated carbocycles. The number of aryl methyl sites for hydroxylation is 1. The van der Waals surface area contributed by atoms with Gasteiger partial charge >= 0.3 is 0 Å². The van der Waals surface area contributed by atoms with Gasteiger partial charge in [0.05, 0.1) is 5.69 Å². The molecule has 0 aromatic heterocycles. The van der Waals surface area contributed by atoms with Crippen LogP contribution in [0.15, 0.2) is 22.7 Å². The summed E-state index contributed by atoms with van der Waals surface area (Å²) in [7, 11) is 0. The Balaban J connectivity index is 2.43. The number of nitrogens with one attached hydrogen (secondary N) is 2. The SMILES string of the molecule is Cc1ccc(NC(=O)CCNC(=O)C(C)(C)C)c(Br)c1. The monoisotopic (exact) mass is 340 g/mol. The van der Waals surface area contributed by atoms with Gasteiger partial charge in [0.1, 0.15) is 0 Å². The zero-order valence-corrected chi connectivity index (χ0v) is 13.9. The van der Waals surface area contributed by atoms with Crippen molar-refractivity contribution < 1.29 is 9.59 Å². The first-order chi connectivity index (χ1) is 9.20. The van der Waals surface area contributed by atoms with E-state index in [0.717, 1.165) is 15.7 Å². The van der Waals surface area contributed by atoms with Crippen molar-refractivity contribution in [1.82, 2.24) is 5.32 Å². The molecule has 0 bridgehead atoms. The number of anilines is 1. The van der Waals surface area contributed by atoms with E-state index in [4.69, 9.17) is 0 Å². The van der Waals surface area contributed by atoms with Gasteiger partial charge < -0.3 is 10.6 Å². The van der Waals surface area contributed by atoms with Gasteiger partial charge in [-0.2, -0.15) is 0 Å². The molecular weight excluding hydrogens is 320 g/mol. The predicted octanol–water partition coefficient (Wildman–Crippen LogP) is 3.25. The lowest BCUT2D eigenvalue weighted by molar-refractivity contribution is -0.128. The third kappa shape index (κ3) is 5.33. The van der Waals surface area contributed by atoms with Crippen LogP contribution in [-0.2, 0) is 9.59 Å². The van der Waals surface area contributed by atoms with E-state index in [-0.39, 0.29) is 18.2 Å². The van der Waals surface area contributed by atoms with Gasteiger partial charge in [0.2, 0.25) is 11.8 Å².